The second kappa shape index (κ2) is 5.75. The van der Waals surface area contributed by atoms with Crippen LogP contribution in [0.2, 0.25) is 0 Å². The minimum atomic E-state index is -0.223. The fraction of sp³-hybridized carbons (Fsp3) is 0.833. The van der Waals surface area contributed by atoms with E-state index in [1.165, 1.54) is 0 Å². The number of ether oxygens (including phenoxy) is 1. The van der Waals surface area contributed by atoms with Crippen LogP contribution in [0.25, 0.3) is 0 Å². The van der Waals surface area contributed by atoms with Crippen LogP contribution in [0.4, 0.5) is 0 Å². The van der Waals surface area contributed by atoms with Gasteiger partial charge in [-0.3, -0.25) is 14.6 Å². The van der Waals surface area contributed by atoms with E-state index < -0.39 is 0 Å². The Morgan fingerprint density at radius 1 is 1.19 bits per heavy atom. The van der Waals surface area contributed by atoms with Gasteiger partial charge >= 0.3 is 0 Å². The van der Waals surface area contributed by atoms with E-state index in [9.17, 15) is 4.79 Å². The molecule has 2 aliphatic rings. The smallest absolute Gasteiger partial charge is 0.151 e. The summed E-state index contributed by atoms with van der Waals surface area (Å²) in [6.45, 7) is 11.4. The van der Waals surface area contributed by atoms with Crippen LogP contribution < -0.4 is 0 Å². The Kier molecular flexibility index (Phi) is 4.32. The molecule has 0 saturated carbocycles. The Balaban J connectivity index is 1.73. The van der Waals surface area contributed by atoms with E-state index >= 15 is 0 Å². The Morgan fingerprint density at radius 2 is 1.81 bits per heavy atom. The highest BCUT2D eigenvalue weighted by Crippen LogP contribution is 2.16. The predicted molar refractivity (Wildman–Crippen MR) is 61.2 cm³/mol. The molecule has 0 aromatic rings. The van der Waals surface area contributed by atoms with Gasteiger partial charge in [0.25, 0.3) is 0 Å². The molecule has 2 aliphatic heterocycles. The Hall–Kier alpha value is -0.450. The highest BCUT2D eigenvalue weighted by molar-refractivity contribution is 5.84. The third kappa shape index (κ3) is 3.27. The van der Waals surface area contributed by atoms with Gasteiger partial charge in [0.2, 0.25) is 0 Å². The van der Waals surface area contributed by atoms with E-state index in [-0.39, 0.29) is 5.78 Å². The Bertz CT molecular complexity index is 231. The van der Waals surface area contributed by atoms with Crippen LogP contribution in [0.5, 0.6) is 0 Å². The number of nitrogens with zero attached hydrogens (tertiary/aromatic N) is 2. The van der Waals surface area contributed by atoms with E-state index in [0.29, 0.717) is 12.6 Å². The summed E-state index contributed by atoms with van der Waals surface area (Å²) in [5.41, 5.74) is 0. The van der Waals surface area contributed by atoms with Crippen molar-refractivity contribution in [1.29, 1.82) is 0 Å². The molecule has 0 aromatic carbocycles. The maximum absolute atomic E-state index is 10.8. The second-order valence-electron chi connectivity index (χ2n) is 4.62. The van der Waals surface area contributed by atoms with E-state index in [4.69, 9.17) is 11.7 Å². The minimum absolute atomic E-state index is 0.223. The van der Waals surface area contributed by atoms with Gasteiger partial charge in [-0.2, -0.15) is 0 Å². The molecule has 0 aliphatic carbocycles. The van der Waals surface area contributed by atoms with Gasteiger partial charge in [0, 0.05) is 52.4 Å². The van der Waals surface area contributed by atoms with E-state index in [1.54, 1.807) is 0 Å². The standard InChI is InChI=1S/C12H20N2O2/c1-11(15)10-13-4-6-14(7-5-13)12-2-8-16-9-3-12/h1,12H,2-10H2. The van der Waals surface area contributed by atoms with Crippen LogP contribution in [0.15, 0.2) is 0 Å². The van der Waals surface area contributed by atoms with Crippen molar-refractivity contribution >= 4 is 5.78 Å². The van der Waals surface area contributed by atoms with Crippen molar-refractivity contribution in [3.63, 3.8) is 0 Å². The van der Waals surface area contributed by atoms with Gasteiger partial charge in [0.1, 0.15) is 0 Å². The van der Waals surface area contributed by atoms with Gasteiger partial charge in [0.05, 0.1) is 6.54 Å². The predicted octanol–water partition coefficient (Wildman–Crippen LogP) is 0.0632. The van der Waals surface area contributed by atoms with Crippen LogP contribution in [-0.4, -0.2) is 67.6 Å². The molecule has 0 atom stereocenters. The number of carbonyl (C=O) groups is 1. The van der Waals surface area contributed by atoms with E-state index in [0.717, 1.165) is 52.2 Å². The quantitative estimate of drug-likeness (QED) is 0.679. The lowest BCUT2D eigenvalue weighted by Crippen LogP contribution is -2.52. The number of piperazine rings is 1. The summed E-state index contributed by atoms with van der Waals surface area (Å²) in [6.07, 6.45) is 2.30. The summed E-state index contributed by atoms with van der Waals surface area (Å²) in [7, 11) is 0. The number of ketones is 1. The topological polar surface area (TPSA) is 32.8 Å². The second-order valence-corrected chi connectivity index (χ2v) is 4.62. The van der Waals surface area contributed by atoms with Crippen molar-refractivity contribution < 1.29 is 9.53 Å². The zero-order valence-electron chi connectivity index (χ0n) is 9.73. The normalized spacial score (nSPS) is 25.8. The van der Waals surface area contributed by atoms with Gasteiger partial charge in [-0.25, -0.2) is 0 Å². The third-order valence-corrected chi connectivity index (χ3v) is 3.49. The lowest BCUT2D eigenvalue weighted by atomic mass is 10.1. The summed E-state index contributed by atoms with van der Waals surface area (Å²) in [6, 6.07) is 0.685. The molecule has 0 bridgehead atoms. The Labute approximate surface area is 97.5 Å². The first-order valence-electron chi connectivity index (χ1n) is 6.08. The SMILES string of the molecule is [CH]C(=O)CN1CCN(C2CCOCC2)CC1. The van der Waals surface area contributed by atoms with Crippen molar-refractivity contribution in [2.45, 2.75) is 18.9 Å². The first-order valence-corrected chi connectivity index (χ1v) is 6.08. The van der Waals surface area contributed by atoms with Crippen molar-refractivity contribution in [1.82, 2.24) is 9.80 Å². The molecular formula is C12H20N2O2. The fourth-order valence-corrected chi connectivity index (χ4v) is 2.56. The van der Waals surface area contributed by atoms with E-state index in [1.807, 2.05) is 0 Å². The highest BCUT2D eigenvalue weighted by atomic mass is 16.5. The zero-order valence-corrected chi connectivity index (χ0v) is 9.73. The van der Waals surface area contributed by atoms with Crippen LogP contribution in [-0.2, 0) is 9.53 Å². The molecule has 90 valence electrons. The lowest BCUT2D eigenvalue weighted by Gasteiger charge is -2.40. The molecular weight excluding hydrogens is 204 g/mol. The monoisotopic (exact) mass is 224 g/mol. The average Bonchev–Trinajstić information content (AvgIpc) is 2.30. The van der Waals surface area contributed by atoms with Crippen LogP contribution in [0.3, 0.4) is 0 Å². The molecule has 4 nitrogen and oxygen atoms in total. The summed E-state index contributed by atoms with van der Waals surface area (Å²) in [5.74, 6) is -0.223. The number of hydrogen-bond acceptors (Lipinski definition) is 4. The van der Waals surface area contributed by atoms with Crippen LogP contribution in [0.1, 0.15) is 12.8 Å². The molecule has 2 radical (unpaired) electrons. The molecule has 2 heterocycles. The largest absolute Gasteiger partial charge is 0.381 e. The van der Waals surface area contributed by atoms with Gasteiger partial charge < -0.3 is 4.74 Å². The van der Waals surface area contributed by atoms with E-state index in [2.05, 4.69) is 9.80 Å². The van der Waals surface area contributed by atoms with Crippen molar-refractivity contribution in [2.75, 3.05) is 45.9 Å². The van der Waals surface area contributed by atoms with Crippen molar-refractivity contribution in [3.05, 3.63) is 6.92 Å². The van der Waals surface area contributed by atoms with Gasteiger partial charge in [-0.15, -0.1) is 0 Å². The maximum atomic E-state index is 10.8. The van der Waals surface area contributed by atoms with Crippen molar-refractivity contribution in [2.24, 2.45) is 0 Å². The summed E-state index contributed by atoms with van der Waals surface area (Å²) < 4.78 is 5.37. The number of hydrogen-bond donors (Lipinski definition) is 0. The Morgan fingerprint density at radius 3 is 2.38 bits per heavy atom. The average molecular weight is 224 g/mol. The summed E-state index contributed by atoms with van der Waals surface area (Å²) in [4.78, 5) is 15.5. The third-order valence-electron chi connectivity index (χ3n) is 3.49. The molecule has 0 N–H and O–H groups in total. The number of Topliss-reactive ketones (excluding diaryl/α,β-unsaturated/α-hetero) is 1. The molecule has 16 heavy (non-hydrogen) atoms. The molecule has 4 heteroatoms. The van der Waals surface area contributed by atoms with Crippen molar-refractivity contribution in [3.8, 4) is 0 Å². The molecule has 0 unspecified atom stereocenters. The van der Waals surface area contributed by atoms with Gasteiger partial charge in [0.15, 0.2) is 5.78 Å². The molecule has 2 saturated heterocycles. The summed E-state index contributed by atoms with van der Waals surface area (Å²) >= 11 is 0. The first kappa shape index (κ1) is 12.0. The maximum Gasteiger partial charge on any atom is 0.151 e. The zero-order chi connectivity index (χ0) is 11.4. The first-order chi connectivity index (χ1) is 7.75. The van der Waals surface area contributed by atoms with Gasteiger partial charge in [-0.1, -0.05) is 0 Å². The number of rotatable bonds is 3. The van der Waals surface area contributed by atoms with Crippen LogP contribution in [0, 0.1) is 6.92 Å². The molecule has 2 rings (SSSR count). The molecule has 0 spiro atoms. The molecule has 0 aromatic heterocycles. The fourth-order valence-electron chi connectivity index (χ4n) is 2.56. The molecule has 2 fully saturated rings. The lowest BCUT2D eigenvalue weighted by molar-refractivity contribution is -0.116. The molecule has 0 amide bonds. The minimum Gasteiger partial charge on any atom is -0.381 e. The van der Waals surface area contributed by atoms with Crippen LogP contribution >= 0.6 is 0 Å². The highest BCUT2D eigenvalue weighted by Gasteiger charge is 2.25. The van der Waals surface area contributed by atoms with Gasteiger partial charge in [-0.05, 0) is 12.8 Å². The summed E-state index contributed by atoms with van der Waals surface area (Å²) in [5, 5.41) is 0. The number of carbonyl (C=O) groups excluding carboxylic acids is 1.